The van der Waals surface area contributed by atoms with Crippen LogP contribution in [0.4, 0.5) is 0 Å². The number of carbonyl (C=O) groups excluding carboxylic acids is 1. The Balaban J connectivity index is 2.36. The smallest absolute Gasteiger partial charge is 0.196 e. The Hall–Kier alpha value is -1.80. The fourth-order valence-corrected chi connectivity index (χ4v) is 2.48. The van der Waals surface area contributed by atoms with Gasteiger partial charge in [-0.3, -0.25) is 4.79 Å². The summed E-state index contributed by atoms with van der Waals surface area (Å²) in [5, 5.41) is 0.553. The summed E-state index contributed by atoms with van der Waals surface area (Å²) in [5.74, 6) is 1.01. The van der Waals surface area contributed by atoms with Crippen molar-refractivity contribution in [2.75, 3.05) is 7.11 Å². The third-order valence-electron chi connectivity index (χ3n) is 3.24. The molecule has 0 N–H and O–H groups in total. The minimum absolute atomic E-state index is 0.0471. The van der Waals surface area contributed by atoms with Crippen LogP contribution in [0.5, 0.6) is 5.75 Å². The van der Waals surface area contributed by atoms with Crippen LogP contribution in [0, 0.1) is 5.92 Å². The number of ether oxygens (including phenoxy) is 1. The van der Waals surface area contributed by atoms with E-state index in [1.807, 2.05) is 18.2 Å². The van der Waals surface area contributed by atoms with Crippen molar-refractivity contribution >= 4 is 17.4 Å². The van der Waals surface area contributed by atoms with Crippen LogP contribution in [-0.4, -0.2) is 12.9 Å². The predicted octanol–water partition coefficient (Wildman–Crippen LogP) is 4.78. The van der Waals surface area contributed by atoms with E-state index in [1.54, 1.807) is 18.2 Å². The highest BCUT2D eigenvalue weighted by atomic mass is 35.5. The Kier molecular flexibility index (Phi) is 5.03. The maximum Gasteiger partial charge on any atom is 0.196 e. The first-order valence-corrected chi connectivity index (χ1v) is 7.36. The van der Waals surface area contributed by atoms with E-state index in [1.165, 1.54) is 12.7 Å². The van der Waals surface area contributed by atoms with Gasteiger partial charge in [0.2, 0.25) is 0 Å². The third-order valence-corrected chi connectivity index (χ3v) is 3.48. The molecule has 2 aromatic carbocycles. The summed E-state index contributed by atoms with van der Waals surface area (Å²) in [7, 11) is 1.54. The molecule has 0 saturated carbocycles. The lowest BCUT2D eigenvalue weighted by Crippen LogP contribution is -2.05. The summed E-state index contributed by atoms with van der Waals surface area (Å²) in [4.78, 5) is 12.7. The van der Waals surface area contributed by atoms with Crippen LogP contribution in [0.2, 0.25) is 5.02 Å². The highest BCUT2D eigenvalue weighted by Crippen LogP contribution is 2.26. The van der Waals surface area contributed by atoms with E-state index in [2.05, 4.69) is 19.9 Å². The number of carbonyl (C=O) groups is 1. The maximum atomic E-state index is 12.7. The molecule has 110 valence electrons. The summed E-state index contributed by atoms with van der Waals surface area (Å²) in [6.45, 7) is 4.33. The van der Waals surface area contributed by atoms with Gasteiger partial charge in [0.05, 0.1) is 12.7 Å². The molecule has 2 aromatic rings. The molecule has 2 rings (SSSR count). The Bertz CT molecular complexity index is 647. The van der Waals surface area contributed by atoms with Gasteiger partial charge in [-0.15, -0.1) is 0 Å². The zero-order valence-corrected chi connectivity index (χ0v) is 13.3. The van der Waals surface area contributed by atoms with Crippen molar-refractivity contribution in [3.8, 4) is 5.75 Å². The average molecular weight is 303 g/mol. The van der Waals surface area contributed by atoms with Gasteiger partial charge in [0.25, 0.3) is 0 Å². The largest absolute Gasteiger partial charge is 0.496 e. The first-order chi connectivity index (χ1) is 10.0. The summed E-state index contributed by atoms with van der Waals surface area (Å²) in [5.41, 5.74) is 2.38. The number of ketones is 1. The lowest BCUT2D eigenvalue weighted by Gasteiger charge is -2.10. The predicted molar refractivity (Wildman–Crippen MR) is 86.4 cm³/mol. The Morgan fingerprint density at radius 3 is 2.62 bits per heavy atom. The molecule has 0 amide bonds. The van der Waals surface area contributed by atoms with Gasteiger partial charge in [-0.05, 0) is 42.2 Å². The van der Waals surface area contributed by atoms with Gasteiger partial charge in [0, 0.05) is 10.6 Å². The van der Waals surface area contributed by atoms with E-state index in [0.717, 1.165) is 6.42 Å². The minimum Gasteiger partial charge on any atom is -0.496 e. The van der Waals surface area contributed by atoms with Crippen molar-refractivity contribution in [1.29, 1.82) is 0 Å². The van der Waals surface area contributed by atoms with Crippen molar-refractivity contribution in [3.63, 3.8) is 0 Å². The van der Waals surface area contributed by atoms with Gasteiger partial charge in [0.1, 0.15) is 5.75 Å². The Labute approximate surface area is 130 Å². The zero-order valence-electron chi connectivity index (χ0n) is 12.5. The van der Waals surface area contributed by atoms with Crippen LogP contribution < -0.4 is 4.74 Å². The molecular formula is C18H19ClO2. The van der Waals surface area contributed by atoms with E-state index in [0.29, 0.717) is 27.8 Å². The Morgan fingerprint density at radius 1 is 1.19 bits per heavy atom. The van der Waals surface area contributed by atoms with E-state index < -0.39 is 0 Å². The highest BCUT2D eigenvalue weighted by molar-refractivity contribution is 6.31. The van der Waals surface area contributed by atoms with Crippen molar-refractivity contribution in [1.82, 2.24) is 0 Å². The quantitative estimate of drug-likeness (QED) is 0.743. The fourth-order valence-electron chi connectivity index (χ4n) is 2.32. The van der Waals surface area contributed by atoms with Crippen molar-refractivity contribution in [2.45, 2.75) is 20.3 Å². The molecule has 3 heteroatoms. The molecule has 0 aliphatic carbocycles. The number of hydrogen-bond acceptors (Lipinski definition) is 2. The maximum absolute atomic E-state index is 12.7. The van der Waals surface area contributed by atoms with Crippen molar-refractivity contribution < 1.29 is 9.53 Å². The van der Waals surface area contributed by atoms with Crippen LogP contribution in [0.3, 0.4) is 0 Å². The molecule has 0 aromatic heterocycles. The molecule has 0 unspecified atom stereocenters. The molecule has 0 atom stereocenters. The normalized spacial score (nSPS) is 10.7. The van der Waals surface area contributed by atoms with Crippen molar-refractivity contribution in [3.05, 3.63) is 64.2 Å². The van der Waals surface area contributed by atoms with Gasteiger partial charge in [-0.1, -0.05) is 43.6 Å². The molecular weight excluding hydrogens is 284 g/mol. The minimum atomic E-state index is -0.0471. The molecule has 0 spiro atoms. The van der Waals surface area contributed by atoms with Gasteiger partial charge in [0.15, 0.2) is 5.78 Å². The van der Waals surface area contributed by atoms with Gasteiger partial charge < -0.3 is 4.74 Å². The lowest BCUT2D eigenvalue weighted by atomic mass is 9.97. The molecule has 21 heavy (non-hydrogen) atoms. The van der Waals surface area contributed by atoms with Gasteiger partial charge in [-0.25, -0.2) is 0 Å². The number of halogens is 1. The Morgan fingerprint density at radius 2 is 1.95 bits per heavy atom. The standard InChI is InChI=1S/C18H19ClO2/c1-12(2)9-13-5-4-6-14(10-13)18(20)16-8-7-15(19)11-17(16)21-3/h4-8,10-12H,9H2,1-3H3. The molecule has 0 saturated heterocycles. The molecule has 0 bridgehead atoms. The monoisotopic (exact) mass is 302 g/mol. The number of benzene rings is 2. The second-order valence-electron chi connectivity index (χ2n) is 5.47. The van der Waals surface area contributed by atoms with Gasteiger partial charge in [-0.2, -0.15) is 0 Å². The SMILES string of the molecule is COc1cc(Cl)ccc1C(=O)c1cccc(CC(C)C)c1. The van der Waals surface area contributed by atoms with Crippen LogP contribution in [0.1, 0.15) is 35.3 Å². The van der Waals surface area contributed by atoms with E-state index in [9.17, 15) is 4.79 Å². The van der Waals surface area contributed by atoms with Crippen molar-refractivity contribution in [2.24, 2.45) is 5.92 Å². The van der Waals surface area contributed by atoms with Crippen LogP contribution in [0.15, 0.2) is 42.5 Å². The molecule has 0 heterocycles. The molecule has 0 radical (unpaired) electrons. The number of rotatable bonds is 5. The molecule has 2 nitrogen and oxygen atoms in total. The second kappa shape index (κ2) is 6.77. The number of methoxy groups -OCH3 is 1. The van der Waals surface area contributed by atoms with E-state index in [-0.39, 0.29) is 5.78 Å². The average Bonchev–Trinajstić information content (AvgIpc) is 2.46. The number of hydrogen-bond donors (Lipinski definition) is 0. The first-order valence-electron chi connectivity index (χ1n) is 6.98. The van der Waals surface area contributed by atoms with Crippen LogP contribution >= 0.6 is 11.6 Å². The van der Waals surface area contributed by atoms with Crippen LogP contribution in [0.25, 0.3) is 0 Å². The van der Waals surface area contributed by atoms with E-state index >= 15 is 0 Å². The summed E-state index contributed by atoms with van der Waals surface area (Å²) in [6.07, 6.45) is 0.957. The van der Waals surface area contributed by atoms with Crippen LogP contribution in [-0.2, 0) is 6.42 Å². The fraction of sp³-hybridized carbons (Fsp3) is 0.278. The summed E-state index contributed by atoms with van der Waals surface area (Å²) in [6, 6.07) is 12.8. The molecule has 0 fully saturated rings. The molecule has 0 aliphatic heterocycles. The third kappa shape index (κ3) is 3.85. The van der Waals surface area contributed by atoms with Gasteiger partial charge >= 0.3 is 0 Å². The molecule has 0 aliphatic rings. The zero-order chi connectivity index (χ0) is 15.4. The van der Waals surface area contributed by atoms with E-state index in [4.69, 9.17) is 16.3 Å². The second-order valence-corrected chi connectivity index (χ2v) is 5.91. The lowest BCUT2D eigenvalue weighted by molar-refractivity contribution is 0.103. The highest BCUT2D eigenvalue weighted by Gasteiger charge is 2.15. The summed E-state index contributed by atoms with van der Waals surface area (Å²) >= 11 is 5.94. The topological polar surface area (TPSA) is 26.3 Å². The summed E-state index contributed by atoms with van der Waals surface area (Å²) < 4.78 is 5.26. The first kappa shape index (κ1) is 15.6.